The number of nitrogens with one attached hydrogen (secondary N) is 1. The van der Waals surface area contributed by atoms with Gasteiger partial charge in [0.05, 0.1) is 22.1 Å². The monoisotopic (exact) mass is 429 g/mol. The van der Waals surface area contributed by atoms with Crippen LogP contribution in [0.5, 0.6) is 5.75 Å². The van der Waals surface area contributed by atoms with E-state index in [1.54, 1.807) is 7.11 Å². The molecule has 0 amide bonds. The van der Waals surface area contributed by atoms with E-state index in [0.717, 1.165) is 19.2 Å². The molecule has 96 valence electrons. The van der Waals surface area contributed by atoms with Crippen LogP contribution < -0.4 is 10.2 Å². The summed E-state index contributed by atoms with van der Waals surface area (Å²) in [5.74, 6) is 0.783. The summed E-state index contributed by atoms with van der Waals surface area (Å²) in [5.41, 5.74) is 2.85. The maximum Gasteiger partial charge on any atom is 0.148 e. The Morgan fingerprint density at radius 3 is 2.12 bits per heavy atom. The predicted octanol–water partition coefficient (Wildman–Crippen LogP) is 4.28. The van der Waals surface area contributed by atoms with Crippen LogP contribution in [0.1, 0.15) is 13.8 Å². The molecule has 0 fully saturated rings. The van der Waals surface area contributed by atoms with Crippen LogP contribution in [0, 0.1) is 0 Å². The van der Waals surface area contributed by atoms with Gasteiger partial charge < -0.3 is 9.57 Å². The van der Waals surface area contributed by atoms with E-state index in [-0.39, 0.29) is 12.1 Å². The molecule has 0 aliphatic carbocycles. The summed E-state index contributed by atoms with van der Waals surface area (Å²) in [6.45, 7) is 3.98. The van der Waals surface area contributed by atoms with Gasteiger partial charge in [-0.2, -0.15) is 5.48 Å². The highest BCUT2D eigenvalue weighted by Crippen LogP contribution is 2.37. The first-order chi connectivity index (χ1) is 7.95. The molecule has 0 bridgehead atoms. The van der Waals surface area contributed by atoms with E-state index >= 15 is 0 Å². The summed E-state index contributed by atoms with van der Waals surface area (Å²) >= 11 is 10.4. The summed E-state index contributed by atoms with van der Waals surface area (Å²) in [6, 6.07) is 3.98. The lowest BCUT2D eigenvalue weighted by Gasteiger charge is -2.23. The van der Waals surface area contributed by atoms with E-state index < -0.39 is 0 Å². The summed E-state index contributed by atoms with van der Waals surface area (Å²) < 4.78 is 8.67. The average Bonchev–Trinajstić information content (AvgIpc) is 2.23. The molecule has 6 heteroatoms. The van der Waals surface area contributed by atoms with Crippen molar-refractivity contribution in [2.45, 2.75) is 26.0 Å². The lowest BCUT2D eigenvalue weighted by Crippen LogP contribution is -2.38. The number of hydrogen-bond donors (Lipinski definition) is 1. The van der Waals surface area contributed by atoms with Crippen molar-refractivity contribution in [3.8, 4) is 5.75 Å². The number of benzene rings is 1. The van der Waals surface area contributed by atoms with Crippen molar-refractivity contribution >= 4 is 47.8 Å². The zero-order valence-electron chi connectivity index (χ0n) is 9.76. The van der Waals surface area contributed by atoms with Crippen molar-refractivity contribution in [3.63, 3.8) is 0 Å². The van der Waals surface area contributed by atoms with Gasteiger partial charge in [-0.15, -0.1) is 0 Å². The minimum Gasteiger partial charge on any atom is -0.487 e. The van der Waals surface area contributed by atoms with E-state index in [1.165, 1.54) is 0 Å². The number of rotatable bonds is 5. The van der Waals surface area contributed by atoms with Gasteiger partial charge in [-0.3, -0.25) is 0 Å². The predicted molar refractivity (Wildman–Crippen MR) is 79.2 cm³/mol. The maximum absolute atomic E-state index is 5.89. The Hall–Kier alpha value is 0.380. The zero-order chi connectivity index (χ0) is 13.0. The molecule has 2 unspecified atom stereocenters. The van der Waals surface area contributed by atoms with Crippen molar-refractivity contribution in [2.24, 2.45) is 0 Å². The molecular formula is C11H14Br3NO2. The number of hydrogen-bond acceptors (Lipinski definition) is 3. The summed E-state index contributed by atoms with van der Waals surface area (Å²) in [5, 5.41) is 0. The molecule has 0 heterocycles. The molecule has 1 aromatic rings. The smallest absolute Gasteiger partial charge is 0.148 e. The molecule has 0 saturated heterocycles. The fourth-order valence-corrected chi connectivity index (χ4v) is 3.66. The van der Waals surface area contributed by atoms with Crippen molar-refractivity contribution in [2.75, 3.05) is 7.11 Å². The Balaban J connectivity index is 2.81. The van der Waals surface area contributed by atoms with Crippen LogP contribution in [0.4, 0.5) is 0 Å². The first-order valence-corrected chi connectivity index (χ1v) is 7.43. The molecular weight excluding hydrogens is 418 g/mol. The third-order valence-corrected chi connectivity index (χ3v) is 3.91. The number of halogens is 3. The van der Waals surface area contributed by atoms with E-state index in [4.69, 9.17) is 9.57 Å². The molecule has 17 heavy (non-hydrogen) atoms. The van der Waals surface area contributed by atoms with Gasteiger partial charge in [-0.1, -0.05) is 15.9 Å². The normalized spacial score (nSPS) is 14.5. The Morgan fingerprint density at radius 2 is 1.65 bits per heavy atom. The Morgan fingerprint density at radius 1 is 1.12 bits per heavy atom. The molecule has 2 atom stereocenters. The molecule has 1 N–H and O–H groups in total. The van der Waals surface area contributed by atoms with Crippen molar-refractivity contribution in [3.05, 3.63) is 25.6 Å². The molecule has 0 saturated carbocycles. The molecule has 0 radical (unpaired) electrons. The van der Waals surface area contributed by atoms with Gasteiger partial charge in [-0.25, -0.2) is 0 Å². The second kappa shape index (κ2) is 7.09. The van der Waals surface area contributed by atoms with E-state index in [0.29, 0.717) is 0 Å². The molecule has 1 rings (SSSR count). The first kappa shape index (κ1) is 15.4. The number of ether oxygens (including phenoxy) is 1. The third-order valence-electron chi connectivity index (χ3n) is 2.27. The first-order valence-electron chi connectivity index (χ1n) is 5.05. The third kappa shape index (κ3) is 4.52. The summed E-state index contributed by atoms with van der Waals surface area (Å²) in [7, 11) is 1.59. The van der Waals surface area contributed by atoms with Crippen LogP contribution in [0.15, 0.2) is 25.6 Å². The highest BCUT2D eigenvalue weighted by atomic mass is 79.9. The van der Waals surface area contributed by atoms with Crippen molar-refractivity contribution < 1.29 is 9.57 Å². The van der Waals surface area contributed by atoms with Gasteiger partial charge >= 0.3 is 0 Å². The molecule has 0 aromatic heterocycles. The summed E-state index contributed by atoms with van der Waals surface area (Å²) in [6.07, 6.45) is -0.0243. The minimum absolute atomic E-state index is 0.0243. The lowest BCUT2D eigenvalue weighted by atomic mass is 10.2. The Kier molecular flexibility index (Phi) is 6.44. The second-order valence-corrected chi connectivity index (χ2v) is 6.26. The Labute approximate surface area is 127 Å². The SMILES string of the molecule is CONC(C)C(C)Oc1c(Br)cc(Br)cc1Br. The molecule has 1 aromatic carbocycles. The molecule has 0 aliphatic rings. The van der Waals surface area contributed by atoms with Gasteiger partial charge in [0.1, 0.15) is 11.9 Å². The fourth-order valence-electron chi connectivity index (χ4n) is 1.21. The van der Waals surface area contributed by atoms with Crippen molar-refractivity contribution in [1.29, 1.82) is 0 Å². The fraction of sp³-hybridized carbons (Fsp3) is 0.455. The average molecular weight is 432 g/mol. The maximum atomic E-state index is 5.89. The molecule has 3 nitrogen and oxygen atoms in total. The highest BCUT2D eigenvalue weighted by molar-refractivity contribution is 9.11. The Bertz CT molecular complexity index is 364. The van der Waals surface area contributed by atoms with Gasteiger partial charge in [0, 0.05) is 4.47 Å². The van der Waals surface area contributed by atoms with E-state index in [2.05, 4.69) is 53.3 Å². The second-order valence-electron chi connectivity index (χ2n) is 3.63. The van der Waals surface area contributed by atoms with Gasteiger partial charge in [0.15, 0.2) is 0 Å². The van der Waals surface area contributed by atoms with E-state index in [9.17, 15) is 0 Å². The van der Waals surface area contributed by atoms with Gasteiger partial charge in [-0.05, 0) is 57.8 Å². The standard InChI is InChI=1S/C11H14Br3NO2/c1-6(15-16-3)7(2)17-11-9(13)4-8(12)5-10(11)14/h4-7,15H,1-3H3. The van der Waals surface area contributed by atoms with Crippen LogP contribution in [0.3, 0.4) is 0 Å². The highest BCUT2D eigenvalue weighted by Gasteiger charge is 2.17. The van der Waals surface area contributed by atoms with Gasteiger partial charge in [0.25, 0.3) is 0 Å². The quantitative estimate of drug-likeness (QED) is 0.706. The molecule has 0 spiro atoms. The van der Waals surface area contributed by atoms with Crippen LogP contribution in [0.25, 0.3) is 0 Å². The topological polar surface area (TPSA) is 30.5 Å². The van der Waals surface area contributed by atoms with E-state index in [1.807, 2.05) is 26.0 Å². The van der Waals surface area contributed by atoms with Gasteiger partial charge in [0.2, 0.25) is 0 Å². The zero-order valence-corrected chi connectivity index (χ0v) is 14.5. The minimum atomic E-state index is -0.0243. The molecule has 0 aliphatic heterocycles. The number of hydroxylamine groups is 1. The largest absolute Gasteiger partial charge is 0.487 e. The summed E-state index contributed by atoms with van der Waals surface area (Å²) in [4.78, 5) is 4.88. The van der Waals surface area contributed by atoms with Crippen LogP contribution in [-0.4, -0.2) is 19.3 Å². The van der Waals surface area contributed by atoms with Crippen molar-refractivity contribution in [1.82, 2.24) is 5.48 Å². The van der Waals surface area contributed by atoms with Crippen LogP contribution >= 0.6 is 47.8 Å². The lowest BCUT2D eigenvalue weighted by molar-refractivity contribution is 0.0265. The van der Waals surface area contributed by atoms with Crippen LogP contribution in [0.2, 0.25) is 0 Å². The van der Waals surface area contributed by atoms with Crippen LogP contribution in [-0.2, 0) is 4.84 Å².